The zero-order valence-corrected chi connectivity index (χ0v) is 15.0. The molecule has 2 aromatic rings. The van der Waals surface area contributed by atoms with Crippen LogP contribution in [0.3, 0.4) is 0 Å². The van der Waals surface area contributed by atoms with E-state index < -0.39 is 23.5 Å². The van der Waals surface area contributed by atoms with Crippen LogP contribution in [0.1, 0.15) is 17.2 Å². The number of carbonyl (C=O) groups is 2. The molecule has 1 amide bonds. The normalized spacial score (nSPS) is 23.4. The molecule has 0 bridgehead atoms. The number of azide groups is 1. The maximum Gasteiger partial charge on any atom is 0.340 e. The third-order valence-corrected chi connectivity index (χ3v) is 5.99. The number of hydrogen-bond acceptors (Lipinski definition) is 5. The lowest BCUT2D eigenvalue weighted by atomic mass is 9.98. The number of carbonyl (C=O) groups excluding carboxylic acids is 2. The third-order valence-electron chi connectivity index (χ3n) is 4.72. The van der Waals surface area contributed by atoms with Crippen molar-refractivity contribution in [2.24, 2.45) is 5.11 Å². The molecule has 7 nitrogen and oxygen atoms in total. The molecular formula is C19H16N4O3S. The quantitative estimate of drug-likeness (QED) is 0.261. The van der Waals surface area contributed by atoms with Gasteiger partial charge in [-0.2, -0.15) is 0 Å². The van der Waals surface area contributed by atoms with Crippen molar-refractivity contribution < 1.29 is 14.3 Å². The van der Waals surface area contributed by atoms with Crippen LogP contribution in [-0.2, 0) is 14.3 Å². The Balaban J connectivity index is 1.55. The van der Waals surface area contributed by atoms with Gasteiger partial charge in [-0.25, -0.2) is 4.79 Å². The second-order valence-electron chi connectivity index (χ2n) is 6.29. The molecule has 0 saturated carbocycles. The van der Waals surface area contributed by atoms with Gasteiger partial charge in [-0.15, -0.1) is 11.8 Å². The highest BCUT2D eigenvalue weighted by atomic mass is 32.2. The number of rotatable bonds is 5. The maximum absolute atomic E-state index is 12.9. The van der Waals surface area contributed by atoms with Crippen molar-refractivity contribution in [1.29, 1.82) is 0 Å². The number of benzene rings is 2. The minimum absolute atomic E-state index is 0.233. The molecule has 3 atom stereocenters. The van der Waals surface area contributed by atoms with E-state index in [1.54, 1.807) is 0 Å². The summed E-state index contributed by atoms with van der Waals surface area (Å²) in [6, 6.07) is 18.0. The number of hydrogen-bond donors (Lipinski definition) is 0. The third kappa shape index (κ3) is 3.13. The van der Waals surface area contributed by atoms with Gasteiger partial charge in [0, 0.05) is 10.7 Å². The average molecular weight is 380 g/mol. The molecule has 2 aromatic carbocycles. The van der Waals surface area contributed by atoms with Crippen LogP contribution in [0.2, 0.25) is 0 Å². The van der Waals surface area contributed by atoms with Crippen molar-refractivity contribution in [3.8, 4) is 0 Å². The molecule has 0 aliphatic carbocycles. The second kappa shape index (κ2) is 7.34. The SMILES string of the molecule is [N-]=[N+]=N[C@H]1C(=O)N2C(C(=O)OC(c3ccccc3)c3ccccc3)SCC12. The Morgan fingerprint density at radius 3 is 2.30 bits per heavy atom. The van der Waals surface area contributed by atoms with E-state index in [9.17, 15) is 9.59 Å². The van der Waals surface area contributed by atoms with E-state index in [0.29, 0.717) is 5.75 Å². The summed E-state index contributed by atoms with van der Waals surface area (Å²) in [5.74, 6) is -0.232. The van der Waals surface area contributed by atoms with Crippen LogP contribution in [0.4, 0.5) is 0 Å². The number of β-lactam (4-membered cyclic amide) rings is 1. The first-order chi connectivity index (χ1) is 13.2. The van der Waals surface area contributed by atoms with Gasteiger partial charge in [-0.3, -0.25) is 4.79 Å². The summed E-state index contributed by atoms with van der Waals surface area (Å²) in [5.41, 5.74) is 10.3. The van der Waals surface area contributed by atoms with Gasteiger partial charge in [-0.05, 0) is 16.7 Å². The van der Waals surface area contributed by atoms with Crippen LogP contribution in [0.15, 0.2) is 65.8 Å². The molecule has 136 valence electrons. The monoisotopic (exact) mass is 380 g/mol. The molecule has 2 unspecified atom stereocenters. The highest BCUT2D eigenvalue weighted by Crippen LogP contribution is 2.41. The van der Waals surface area contributed by atoms with Crippen molar-refractivity contribution >= 4 is 23.6 Å². The van der Waals surface area contributed by atoms with Gasteiger partial charge in [0.25, 0.3) is 0 Å². The number of esters is 1. The topological polar surface area (TPSA) is 95.4 Å². The minimum Gasteiger partial charge on any atom is -0.450 e. The lowest BCUT2D eigenvalue weighted by Gasteiger charge is -2.41. The molecule has 0 N–H and O–H groups in total. The van der Waals surface area contributed by atoms with Crippen LogP contribution in [0.25, 0.3) is 10.4 Å². The summed E-state index contributed by atoms with van der Waals surface area (Å²) in [7, 11) is 0. The molecule has 2 saturated heterocycles. The summed E-state index contributed by atoms with van der Waals surface area (Å²) in [6.45, 7) is 0. The highest BCUT2D eigenvalue weighted by molar-refractivity contribution is 8.00. The Morgan fingerprint density at radius 2 is 1.74 bits per heavy atom. The lowest BCUT2D eigenvalue weighted by molar-refractivity contribution is -0.161. The Bertz CT molecular complexity index is 862. The van der Waals surface area contributed by atoms with E-state index in [1.807, 2.05) is 60.7 Å². The summed E-state index contributed by atoms with van der Waals surface area (Å²) in [5, 5.41) is 2.82. The predicted octanol–water partition coefficient (Wildman–Crippen LogP) is 3.28. The first-order valence-corrected chi connectivity index (χ1v) is 9.54. The fraction of sp³-hybridized carbons (Fsp3) is 0.263. The van der Waals surface area contributed by atoms with Gasteiger partial charge in [0.05, 0.1) is 6.04 Å². The summed E-state index contributed by atoms with van der Waals surface area (Å²) < 4.78 is 5.85. The molecule has 4 rings (SSSR count). The standard InChI is InChI=1S/C19H16N4O3S/c20-22-21-15-14-11-27-18(23(14)17(15)24)19(25)26-16(12-7-3-1-4-8-12)13-9-5-2-6-10-13/h1-10,14-16,18H,11H2/t14?,15-,18?/m1/s1. The van der Waals surface area contributed by atoms with Gasteiger partial charge in [0.15, 0.2) is 11.5 Å². The van der Waals surface area contributed by atoms with Crippen molar-refractivity contribution in [2.45, 2.75) is 23.6 Å². The molecule has 2 heterocycles. The Kier molecular flexibility index (Phi) is 4.75. The van der Waals surface area contributed by atoms with Gasteiger partial charge < -0.3 is 9.64 Å². The van der Waals surface area contributed by atoms with E-state index in [2.05, 4.69) is 10.0 Å². The molecule has 2 fully saturated rings. The van der Waals surface area contributed by atoms with Crippen molar-refractivity contribution in [1.82, 2.24) is 4.90 Å². The zero-order chi connectivity index (χ0) is 18.8. The summed E-state index contributed by atoms with van der Waals surface area (Å²) >= 11 is 1.34. The van der Waals surface area contributed by atoms with E-state index in [-0.39, 0.29) is 11.9 Å². The van der Waals surface area contributed by atoms with Gasteiger partial charge in [-0.1, -0.05) is 65.8 Å². The van der Waals surface area contributed by atoms with Crippen LogP contribution >= 0.6 is 11.8 Å². The Labute approximate surface area is 159 Å². The molecule has 0 spiro atoms. The first-order valence-electron chi connectivity index (χ1n) is 8.49. The van der Waals surface area contributed by atoms with E-state index in [0.717, 1.165) is 11.1 Å². The molecule has 0 radical (unpaired) electrons. The fourth-order valence-electron chi connectivity index (χ4n) is 3.40. The largest absolute Gasteiger partial charge is 0.450 e. The van der Waals surface area contributed by atoms with E-state index >= 15 is 0 Å². The first kappa shape index (κ1) is 17.5. The zero-order valence-electron chi connectivity index (χ0n) is 14.2. The van der Waals surface area contributed by atoms with Crippen molar-refractivity contribution in [3.63, 3.8) is 0 Å². The molecular weight excluding hydrogens is 364 g/mol. The van der Waals surface area contributed by atoms with Gasteiger partial charge in [0.2, 0.25) is 5.91 Å². The number of amides is 1. The Hall–Kier alpha value is -2.96. The summed E-state index contributed by atoms with van der Waals surface area (Å²) in [6.07, 6.45) is -0.552. The smallest absolute Gasteiger partial charge is 0.340 e. The second-order valence-corrected chi connectivity index (χ2v) is 7.40. The average Bonchev–Trinajstić information content (AvgIpc) is 3.12. The number of ether oxygens (including phenoxy) is 1. The van der Waals surface area contributed by atoms with Crippen LogP contribution in [-0.4, -0.2) is 40.0 Å². The fourth-order valence-corrected chi connectivity index (χ4v) is 4.74. The number of fused-ring (bicyclic) bond motifs is 1. The van der Waals surface area contributed by atoms with E-state index in [4.69, 9.17) is 10.3 Å². The molecule has 2 aliphatic heterocycles. The van der Waals surface area contributed by atoms with E-state index in [1.165, 1.54) is 16.7 Å². The number of nitrogens with zero attached hydrogens (tertiary/aromatic N) is 4. The highest BCUT2D eigenvalue weighted by Gasteiger charge is 2.56. The lowest BCUT2D eigenvalue weighted by Crippen LogP contribution is -2.64. The minimum atomic E-state index is -0.709. The van der Waals surface area contributed by atoms with Crippen LogP contribution in [0.5, 0.6) is 0 Å². The van der Waals surface area contributed by atoms with Crippen LogP contribution < -0.4 is 0 Å². The molecule has 27 heavy (non-hydrogen) atoms. The predicted molar refractivity (Wildman–Crippen MR) is 101 cm³/mol. The maximum atomic E-state index is 12.9. The summed E-state index contributed by atoms with van der Waals surface area (Å²) in [4.78, 5) is 29.3. The molecule has 0 aromatic heterocycles. The number of thioether (sulfide) groups is 1. The Morgan fingerprint density at radius 1 is 1.15 bits per heavy atom. The molecule has 2 aliphatic rings. The van der Waals surface area contributed by atoms with Crippen molar-refractivity contribution in [2.75, 3.05) is 5.75 Å². The molecule has 8 heteroatoms. The van der Waals surface area contributed by atoms with Gasteiger partial charge in [0.1, 0.15) is 6.04 Å². The van der Waals surface area contributed by atoms with Gasteiger partial charge >= 0.3 is 5.97 Å². The van der Waals surface area contributed by atoms with Crippen LogP contribution in [0, 0.1) is 0 Å². The van der Waals surface area contributed by atoms with Crippen molar-refractivity contribution in [3.05, 3.63) is 82.2 Å².